The summed E-state index contributed by atoms with van der Waals surface area (Å²) in [4.78, 5) is 11.4. The van der Waals surface area contributed by atoms with Crippen LogP contribution in [0, 0.1) is 0 Å². The molecule has 0 bridgehead atoms. The highest BCUT2D eigenvalue weighted by Gasteiger charge is 2.15. The summed E-state index contributed by atoms with van der Waals surface area (Å²) in [5, 5.41) is 8.77. The van der Waals surface area contributed by atoms with E-state index in [-0.39, 0.29) is 18.2 Å². The van der Waals surface area contributed by atoms with Gasteiger partial charge >= 0.3 is 0 Å². The number of pyridine rings is 1. The highest BCUT2D eigenvalue weighted by Crippen LogP contribution is 2.07. The van der Waals surface area contributed by atoms with Gasteiger partial charge in [-0.1, -0.05) is 6.07 Å². The largest absolute Gasteiger partial charge is 0.392 e. The van der Waals surface area contributed by atoms with Gasteiger partial charge in [-0.2, -0.15) is 0 Å². The van der Waals surface area contributed by atoms with Gasteiger partial charge in [0.1, 0.15) is 6.33 Å². The molecule has 0 radical (unpaired) electrons. The summed E-state index contributed by atoms with van der Waals surface area (Å²) in [5.41, 5.74) is 1.11. The number of hydrogen-bond donors (Lipinski definition) is 2. The van der Waals surface area contributed by atoms with Crippen LogP contribution in [0.2, 0.25) is 0 Å². The molecular formula is C11H12N4O3S. The Kier molecular flexibility index (Phi) is 4.15. The average molecular weight is 280 g/mol. The molecule has 0 spiro atoms. The Hall–Kier alpha value is -1.90. The number of nitrogens with one attached hydrogen (secondary N) is 1. The maximum absolute atomic E-state index is 11.9. The maximum atomic E-state index is 11.9. The van der Waals surface area contributed by atoms with E-state index >= 15 is 0 Å². The molecule has 0 atom stereocenters. The molecule has 0 aromatic carbocycles. The van der Waals surface area contributed by atoms with E-state index in [2.05, 4.69) is 19.7 Å². The monoisotopic (exact) mass is 280 g/mol. The van der Waals surface area contributed by atoms with Crippen molar-refractivity contribution in [2.75, 3.05) is 0 Å². The summed E-state index contributed by atoms with van der Waals surface area (Å²) in [6, 6.07) is 4.46. The van der Waals surface area contributed by atoms with E-state index in [1.165, 1.54) is 30.9 Å². The molecule has 2 aromatic rings. The molecule has 100 valence electrons. The van der Waals surface area contributed by atoms with Gasteiger partial charge in [0.15, 0.2) is 5.03 Å². The fraction of sp³-hybridized carbons (Fsp3) is 0.182. The minimum atomic E-state index is -3.69. The van der Waals surface area contributed by atoms with Crippen LogP contribution in [0.5, 0.6) is 0 Å². The van der Waals surface area contributed by atoms with E-state index in [1.54, 1.807) is 6.07 Å². The summed E-state index contributed by atoms with van der Waals surface area (Å²) < 4.78 is 26.2. The molecule has 0 fully saturated rings. The Morgan fingerprint density at radius 3 is 2.63 bits per heavy atom. The van der Waals surface area contributed by atoms with Crippen LogP contribution >= 0.6 is 0 Å². The molecule has 0 saturated carbocycles. The zero-order valence-electron chi connectivity index (χ0n) is 9.89. The molecule has 19 heavy (non-hydrogen) atoms. The maximum Gasteiger partial charge on any atom is 0.258 e. The first-order valence-corrected chi connectivity index (χ1v) is 6.90. The lowest BCUT2D eigenvalue weighted by Crippen LogP contribution is -2.24. The van der Waals surface area contributed by atoms with Crippen LogP contribution in [0.3, 0.4) is 0 Å². The fourth-order valence-corrected chi connectivity index (χ4v) is 2.25. The topological polar surface area (TPSA) is 105 Å². The first-order chi connectivity index (χ1) is 9.12. The van der Waals surface area contributed by atoms with Gasteiger partial charge in [0.2, 0.25) is 0 Å². The molecule has 2 N–H and O–H groups in total. The van der Waals surface area contributed by atoms with Crippen molar-refractivity contribution >= 4 is 10.0 Å². The molecule has 0 aliphatic carbocycles. The van der Waals surface area contributed by atoms with E-state index in [1.807, 2.05) is 0 Å². The van der Waals surface area contributed by atoms with Gasteiger partial charge in [-0.25, -0.2) is 28.1 Å². The second-order valence-corrected chi connectivity index (χ2v) is 5.40. The van der Waals surface area contributed by atoms with Crippen molar-refractivity contribution in [1.29, 1.82) is 0 Å². The van der Waals surface area contributed by atoms with Crippen molar-refractivity contribution in [1.82, 2.24) is 19.7 Å². The first kappa shape index (κ1) is 13.5. The van der Waals surface area contributed by atoms with E-state index < -0.39 is 10.0 Å². The van der Waals surface area contributed by atoms with E-state index in [9.17, 15) is 8.42 Å². The Morgan fingerprint density at radius 2 is 2.05 bits per heavy atom. The quantitative estimate of drug-likeness (QED) is 0.788. The van der Waals surface area contributed by atoms with Crippen LogP contribution in [0.25, 0.3) is 0 Å². The van der Waals surface area contributed by atoms with Crippen molar-refractivity contribution in [3.8, 4) is 0 Å². The van der Waals surface area contributed by atoms with Crippen molar-refractivity contribution in [3.63, 3.8) is 0 Å². The number of sulfonamides is 1. The van der Waals surface area contributed by atoms with Gasteiger partial charge in [-0.3, -0.25) is 0 Å². The lowest BCUT2D eigenvalue weighted by molar-refractivity contribution is 0.281. The number of aliphatic hydroxyl groups is 1. The van der Waals surface area contributed by atoms with E-state index in [0.717, 1.165) is 0 Å². The van der Waals surface area contributed by atoms with Gasteiger partial charge in [0.05, 0.1) is 18.8 Å². The molecule has 0 unspecified atom stereocenters. The smallest absolute Gasteiger partial charge is 0.258 e. The Labute approximate surface area is 110 Å². The summed E-state index contributed by atoms with van der Waals surface area (Å²) >= 11 is 0. The molecule has 8 heteroatoms. The van der Waals surface area contributed by atoms with Gasteiger partial charge in [-0.05, 0) is 17.7 Å². The number of nitrogens with zero attached hydrogens (tertiary/aromatic N) is 3. The first-order valence-electron chi connectivity index (χ1n) is 5.42. The van der Waals surface area contributed by atoms with Crippen LogP contribution in [-0.2, 0) is 23.2 Å². The van der Waals surface area contributed by atoms with Crippen LogP contribution in [0.1, 0.15) is 11.3 Å². The fourth-order valence-electron chi connectivity index (χ4n) is 1.33. The molecular weight excluding hydrogens is 268 g/mol. The standard InChI is InChI=1S/C11H12N4O3S/c16-7-9-1-2-11(13-5-9)19(17,18)15-6-10-3-4-12-8-14-10/h1-5,8,15-16H,6-7H2. The molecule has 0 aliphatic rings. The van der Waals surface area contributed by atoms with Crippen molar-refractivity contribution in [2.24, 2.45) is 0 Å². The van der Waals surface area contributed by atoms with Gasteiger partial charge in [-0.15, -0.1) is 0 Å². The molecule has 0 saturated heterocycles. The van der Waals surface area contributed by atoms with Crippen LogP contribution in [0.4, 0.5) is 0 Å². The van der Waals surface area contributed by atoms with Gasteiger partial charge < -0.3 is 5.11 Å². The highest BCUT2D eigenvalue weighted by atomic mass is 32.2. The average Bonchev–Trinajstić information content (AvgIpc) is 2.46. The van der Waals surface area contributed by atoms with Gasteiger partial charge in [0, 0.05) is 12.4 Å². The zero-order chi connectivity index (χ0) is 13.7. The SMILES string of the molecule is O=S(=O)(NCc1ccncn1)c1ccc(CO)cn1. The minimum absolute atomic E-state index is 0.0638. The molecule has 7 nitrogen and oxygen atoms in total. The van der Waals surface area contributed by atoms with E-state index in [0.29, 0.717) is 11.3 Å². The number of hydrogen-bond acceptors (Lipinski definition) is 6. The normalized spacial score (nSPS) is 11.4. The lowest BCUT2D eigenvalue weighted by Gasteiger charge is -2.05. The van der Waals surface area contributed by atoms with Crippen LogP contribution < -0.4 is 4.72 Å². The van der Waals surface area contributed by atoms with Crippen molar-refractivity contribution < 1.29 is 13.5 Å². The lowest BCUT2D eigenvalue weighted by atomic mass is 10.3. The molecule has 2 aromatic heterocycles. The summed E-state index contributed by atoms with van der Waals surface area (Å²) in [5.74, 6) is 0. The molecule has 0 aliphatic heterocycles. The van der Waals surface area contributed by atoms with Crippen molar-refractivity contribution in [2.45, 2.75) is 18.2 Å². The van der Waals surface area contributed by atoms with Crippen molar-refractivity contribution in [3.05, 3.63) is 48.2 Å². The summed E-state index contributed by atoms with van der Waals surface area (Å²) in [7, 11) is -3.69. The molecule has 0 amide bonds. The van der Waals surface area contributed by atoms with Crippen LogP contribution in [0.15, 0.2) is 41.9 Å². The minimum Gasteiger partial charge on any atom is -0.392 e. The third-order valence-electron chi connectivity index (χ3n) is 2.34. The summed E-state index contributed by atoms with van der Waals surface area (Å²) in [6.07, 6.45) is 4.20. The highest BCUT2D eigenvalue weighted by molar-refractivity contribution is 7.89. The second kappa shape index (κ2) is 5.83. The number of rotatable bonds is 5. The Morgan fingerprint density at radius 1 is 1.21 bits per heavy atom. The molecule has 2 rings (SSSR count). The number of aliphatic hydroxyl groups excluding tert-OH is 1. The number of aromatic nitrogens is 3. The zero-order valence-corrected chi connectivity index (χ0v) is 10.7. The van der Waals surface area contributed by atoms with Gasteiger partial charge in [0.25, 0.3) is 10.0 Å². The van der Waals surface area contributed by atoms with Crippen LogP contribution in [-0.4, -0.2) is 28.5 Å². The van der Waals surface area contributed by atoms with E-state index in [4.69, 9.17) is 5.11 Å². The Balaban J connectivity index is 2.09. The predicted molar refractivity (Wildman–Crippen MR) is 66.2 cm³/mol. The third kappa shape index (κ3) is 3.53. The molecule has 2 heterocycles. The summed E-state index contributed by atoms with van der Waals surface area (Å²) in [6.45, 7) is -0.115. The Bertz CT molecular complexity index is 629. The third-order valence-corrected chi connectivity index (χ3v) is 3.66. The predicted octanol–water partition coefficient (Wildman–Crippen LogP) is -0.158. The second-order valence-electron chi connectivity index (χ2n) is 3.69.